The Morgan fingerprint density at radius 2 is 2.11 bits per heavy atom. The number of carbonyl (C=O) groups excluding carboxylic acids is 1. The average molecular weight is 249 g/mol. The summed E-state index contributed by atoms with van der Waals surface area (Å²) < 4.78 is 13.6. The van der Waals surface area contributed by atoms with E-state index in [-0.39, 0.29) is 24.1 Å². The number of carboxylic acids is 1. The van der Waals surface area contributed by atoms with Crippen LogP contribution in [0.15, 0.2) is 36.0 Å². The van der Waals surface area contributed by atoms with Crippen LogP contribution in [0.4, 0.5) is 4.39 Å². The third-order valence-corrected chi connectivity index (χ3v) is 2.84. The molecule has 1 atom stereocenters. The van der Waals surface area contributed by atoms with E-state index in [1.54, 1.807) is 18.2 Å². The van der Waals surface area contributed by atoms with E-state index in [1.165, 1.54) is 6.07 Å². The van der Waals surface area contributed by atoms with E-state index in [2.05, 4.69) is 5.32 Å². The summed E-state index contributed by atoms with van der Waals surface area (Å²) in [5, 5.41) is 11.1. The van der Waals surface area contributed by atoms with Crippen LogP contribution >= 0.6 is 0 Å². The van der Waals surface area contributed by atoms with E-state index in [9.17, 15) is 14.0 Å². The molecule has 2 N–H and O–H groups in total. The molecular weight excluding hydrogens is 237 g/mol. The van der Waals surface area contributed by atoms with Gasteiger partial charge in [0.1, 0.15) is 5.82 Å². The maximum Gasteiger partial charge on any atom is 0.330 e. The van der Waals surface area contributed by atoms with Crippen LogP contribution in [0.2, 0.25) is 0 Å². The molecule has 0 bridgehead atoms. The number of piperidine rings is 1. The van der Waals surface area contributed by atoms with Gasteiger partial charge in [-0.25, -0.2) is 9.18 Å². The van der Waals surface area contributed by atoms with Gasteiger partial charge < -0.3 is 10.4 Å². The second-order valence-corrected chi connectivity index (χ2v) is 4.18. The number of halogens is 1. The number of hydrogen-bond acceptors (Lipinski definition) is 2. The quantitative estimate of drug-likeness (QED) is 0.785. The van der Waals surface area contributed by atoms with Gasteiger partial charge in [0.15, 0.2) is 0 Å². The largest absolute Gasteiger partial charge is 0.478 e. The Morgan fingerprint density at radius 3 is 2.78 bits per heavy atom. The molecule has 1 saturated heterocycles. The van der Waals surface area contributed by atoms with Gasteiger partial charge in [-0.3, -0.25) is 4.79 Å². The lowest BCUT2D eigenvalue weighted by molar-refractivity contribution is -0.131. The highest BCUT2D eigenvalue weighted by Gasteiger charge is 2.26. The number of hydrogen-bond donors (Lipinski definition) is 2. The highest BCUT2D eigenvalue weighted by molar-refractivity contribution is 5.85. The van der Waals surface area contributed by atoms with Crippen LogP contribution in [0.25, 0.3) is 0 Å². The maximum atomic E-state index is 13.6. The number of nitrogens with one attached hydrogen (secondary N) is 1. The lowest BCUT2D eigenvalue weighted by Gasteiger charge is -2.24. The standard InChI is InChI=1S/C13H12FNO3/c14-11-4-2-1-3-10(11)8-5-9(7-13(17)18)15-12(16)6-8/h1-4,7-8H,5-6H2,(H,15,16)(H,17,18)/b9-7+. The van der Waals surface area contributed by atoms with Gasteiger partial charge in [0, 0.05) is 24.1 Å². The van der Waals surface area contributed by atoms with Crippen molar-refractivity contribution in [2.45, 2.75) is 18.8 Å². The normalized spacial score (nSPS) is 21.7. The SMILES string of the molecule is O=C(O)/C=C1\CC(c2ccccc2F)CC(=O)N1. The van der Waals surface area contributed by atoms with E-state index < -0.39 is 5.97 Å². The molecule has 0 spiro atoms. The Morgan fingerprint density at radius 1 is 1.39 bits per heavy atom. The molecule has 1 amide bonds. The molecular formula is C13H12FNO3. The fraction of sp³-hybridized carbons (Fsp3) is 0.231. The molecule has 1 aliphatic rings. The van der Waals surface area contributed by atoms with E-state index in [1.807, 2.05) is 0 Å². The predicted octanol–water partition coefficient (Wildman–Crippen LogP) is 1.79. The molecule has 4 nitrogen and oxygen atoms in total. The first-order valence-electron chi connectivity index (χ1n) is 5.54. The topological polar surface area (TPSA) is 66.4 Å². The molecule has 0 aliphatic carbocycles. The third kappa shape index (κ3) is 2.74. The van der Waals surface area contributed by atoms with Gasteiger partial charge >= 0.3 is 5.97 Å². The fourth-order valence-corrected chi connectivity index (χ4v) is 2.11. The zero-order valence-corrected chi connectivity index (χ0v) is 9.52. The number of carbonyl (C=O) groups is 2. The lowest BCUT2D eigenvalue weighted by atomic mass is 9.87. The van der Waals surface area contributed by atoms with Crippen LogP contribution in [-0.4, -0.2) is 17.0 Å². The van der Waals surface area contributed by atoms with Crippen LogP contribution in [0, 0.1) is 5.82 Å². The number of benzene rings is 1. The highest BCUT2D eigenvalue weighted by atomic mass is 19.1. The summed E-state index contributed by atoms with van der Waals surface area (Å²) in [5.41, 5.74) is 0.760. The van der Waals surface area contributed by atoms with Crippen molar-refractivity contribution >= 4 is 11.9 Å². The zero-order valence-electron chi connectivity index (χ0n) is 9.52. The summed E-state index contributed by atoms with van der Waals surface area (Å²) in [4.78, 5) is 22.1. The number of allylic oxidation sites excluding steroid dienone is 1. The van der Waals surface area contributed by atoms with Crippen molar-refractivity contribution in [2.75, 3.05) is 0 Å². The Bertz CT molecular complexity index is 525. The van der Waals surface area contributed by atoms with Crippen molar-refractivity contribution in [1.29, 1.82) is 0 Å². The Labute approximate surface area is 103 Å². The predicted molar refractivity (Wildman–Crippen MR) is 62.2 cm³/mol. The van der Waals surface area contributed by atoms with Gasteiger partial charge in [0.25, 0.3) is 0 Å². The minimum absolute atomic E-state index is 0.165. The van der Waals surface area contributed by atoms with Crippen LogP contribution < -0.4 is 5.32 Å². The number of rotatable bonds is 2. The van der Waals surface area contributed by atoms with E-state index in [0.717, 1.165) is 6.08 Å². The Kier molecular flexibility index (Phi) is 3.41. The molecule has 0 saturated carbocycles. The van der Waals surface area contributed by atoms with Crippen molar-refractivity contribution in [3.05, 3.63) is 47.4 Å². The summed E-state index contributed by atoms with van der Waals surface area (Å²) in [7, 11) is 0. The summed E-state index contributed by atoms with van der Waals surface area (Å²) in [5.74, 6) is -2.10. The Balaban J connectivity index is 2.27. The number of carboxylic acid groups (broad SMARTS) is 1. The van der Waals surface area contributed by atoms with Crippen molar-refractivity contribution in [1.82, 2.24) is 5.32 Å². The molecule has 1 unspecified atom stereocenters. The van der Waals surface area contributed by atoms with Crippen LogP contribution in [0.3, 0.4) is 0 Å². The zero-order chi connectivity index (χ0) is 13.1. The number of aliphatic carboxylic acids is 1. The van der Waals surface area contributed by atoms with E-state index >= 15 is 0 Å². The van der Waals surface area contributed by atoms with E-state index in [4.69, 9.17) is 5.11 Å². The minimum Gasteiger partial charge on any atom is -0.478 e. The second-order valence-electron chi connectivity index (χ2n) is 4.18. The first kappa shape index (κ1) is 12.3. The van der Waals surface area contributed by atoms with Crippen molar-refractivity contribution in [3.63, 3.8) is 0 Å². The average Bonchev–Trinajstić information content (AvgIpc) is 2.27. The molecule has 1 aromatic carbocycles. The lowest BCUT2D eigenvalue weighted by Crippen LogP contribution is -2.31. The van der Waals surface area contributed by atoms with Crippen molar-refractivity contribution in [3.8, 4) is 0 Å². The molecule has 2 rings (SSSR count). The van der Waals surface area contributed by atoms with E-state index in [0.29, 0.717) is 17.7 Å². The van der Waals surface area contributed by atoms with Gasteiger partial charge in [-0.1, -0.05) is 18.2 Å². The summed E-state index contributed by atoms with van der Waals surface area (Å²) in [6.07, 6.45) is 1.43. The third-order valence-electron chi connectivity index (χ3n) is 2.84. The van der Waals surface area contributed by atoms with Crippen LogP contribution in [0.1, 0.15) is 24.3 Å². The van der Waals surface area contributed by atoms with Crippen LogP contribution in [0.5, 0.6) is 0 Å². The summed E-state index contributed by atoms with van der Waals surface area (Å²) >= 11 is 0. The fourth-order valence-electron chi connectivity index (χ4n) is 2.11. The first-order chi connectivity index (χ1) is 8.56. The molecule has 1 aliphatic heterocycles. The Hall–Kier alpha value is -2.17. The maximum absolute atomic E-state index is 13.6. The van der Waals surface area contributed by atoms with Gasteiger partial charge in [-0.15, -0.1) is 0 Å². The number of amides is 1. The van der Waals surface area contributed by atoms with Gasteiger partial charge in [-0.05, 0) is 18.1 Å². The highest BCUT2D eigenvalue weighted by Crippen LogP contribution is 2.31. The summed E-state index contributed by atoms with van der Waals surface area (Å²) in [6.45, 7) is 0. The molecule has 1 heterocycles. The smallest absolute Gasteiger partial charge is 0.330 e. The first-order valence-corrected chi connectivity index (χ1v) is 5.54. The van der Waals surface area contributed by atoms with Gasteiger partial charge in [0.05, 0.1) is 0 Å². The molecule has 18 heavy (non-hydrogen) atoms. The molecule has 0 aromatic heterocycles. The molecule has 0 radical (unpaired) electrons. The van der Waals surface area contributed by atoms with Gasteiger partial charge in [0.2, 0.25) is 5.91 Å². The monoisotopic (exact) mass is 249 g/mol. The van der Waals surface area contributed by atoms with Crippen molar-refractivity contribution in [2.24, 2.45) is 0 Å². The minimum atomic E-state index is -1.13. The molecule has 5 heteroatoms. The molecule has 94 valence electrons. The second kappa shape index (κ2) is 5.00. The molecule has 1 fully saturated rings. The molecule has 1 aromatic rings. The van der Waals surface area contributed by atoms with Crippen molar-refractivity contribution < 1.29 is 19.1 Å². The summed E-state index contributed by atoms with van der Waals surface area (Å²) in [6, 6.07) is 6.24. The van der Waals surface area contributed by atoms with Crippen LogP contribution in [-0.2, 0) is 9.59 Å². The van der Waals surface area contributed by atoms with Gasteiger partial charge in [-0.2, -0.15) is 0 Å².